The lowest BCUT2D eigenvalue weighted by atomic mass is 9.90. The number of aliphatic imine (C=N–C) groups is 1. The van der Waals surface area contributed by atoms with E-state index in [1.165, 1.54) is 31.4 Å². The van der Waals surface area contributed by atoms with E-state index in [2.05, 4.69) is 4.99 Å². The number of nitrogens with zero attached hydrogens (tertiary/aromatic N) is 2. The number of carbonyl (C=O) groups excluding carboxylic acids is 1. The maximum absolute atomic E-state index is 12.7. The van der Waals surface area contributed by atoms with Crippen LogP contribution in [-0.2, 0) is 0 Å². The van der Waals surface area contributed by atoms with E-state index in [1.54, 1.807) is 0 Å². The van der Waals surface area contributed by atoms with E-state index in [0.29, 0.717) is 5.75 Å². The highest BCUT2D eigenvalue weighted by Crippen LogP contribution is 2.36. The van der Waals surface area contributed by atoms with E-state index in [0.717, 1.165) is 0 Å². The van der Waals surface area contributed by atoms with Crippen LogP contribution < -0.4 is 4.74 Å². The molecule has 4 nitrogen and oxygen atoms in total. The molecule has 1 heterocycles. The van der Waals surface area contributed by atoms with Crippen molar-refractivity contribution >= 4 is 17.2 Å². The molecule has 0 aromatic heterocycles. The van der Waals surface area contributed by atoms with Crippen molar-refractivity contribution < 1.29 is 22.7 Å². The van der Waals surface area contributed by atoms with Crippen molar-refractivity contribution in [3.8, 4) is 11.8 Å². The number of halogens is 3. The van der Waals surface area contributed by atoms with E-state index >= 15 is 0 Å². The first kappa shape index (κ1) is 13.1. The Labute approximate surface area is 106 Å². The second kappa shape index (κ2) is 4.39. The maximum atomic E-state index is 12.7. The Bertz CT molecular complexity index is 614. The summed E-state index contributed by atoms with van der Waals surface area (Å²) < 4.78 is 43.1. The normalized spacial score (nSPS) is 18.4. The Hall–Kier alpha value is -2.36. The fourth-order valence-corrected chi connectivity index (χ4v) is 1.76. The highest BCUT2D eigenvalue weighted by Gasteiger charge is 2.46. The fraction of sp³-hybridized carbons (Fsp3) is 0.250. The Morgan fingerprint density at radius 1 is 1.42 bits per heavy atom. The number of carbonyl (C=O) groups is 1. The molecule has 98 valence electrons. The number of hydrogen-bond acceptors (Lipinski definition) is 4. The number of rotatable bonds is 1. The number of alkyl halides is 3. The van der Waals surface area contributed by atoms with Crippen molar-refractivity contribution in [2.45, 2.75) is 6.18 Å². The molecule has 0 N–H and O–H groups in total. The van der Waals surface area contributed by atoms with Crippen LogP contribution in [0.3, 0.4) is 0 Å². The van der Waals surface area contributed by atoms with E-state index in [9.17, 15) is 18.0 Å². The minimum atomic E-state index is -4.81. The largest absolute Gasteiger partial charge is 0.497 e. The molecule has 0 radical (unpaired) electrons. The van der Waals surface area contributed by atoms with Crippen molar-refractivity contribution in [1.82, 2.24) is 0 Å². The van der Waals surface area contributed by atoms with Gasteiger partial charge < -0.3 is 4.74 Å². The Kier molecular flexibility index (Phi) is 3.02. The molecule has 0 saturated heterocycles. The van der Waals surface area contributed by atoms with Crippen molar-refractivity contribution in [3.63, 3.8) is 0 Å². The average molecular weight is 268 g/mol. The Morgan fingerprint density at radius 3 is 2.63 bits per heavy atom. The predicted octanol–water partition coefficient (Wildman–Crippen LogP) is 2.67. The summed E-state index contributed by atoms with van der Waals surface area (Å²) in [5.74, 6) is -2.53. The highest BCUT2D eigenvalue weighted by molar-refractivity contribution is 6.21. The standard InChI is InChI=1S/C12H7F3N2O2/c1-19-6-2-3-9-7(4-6)10(18)8(5-16)11(17-9)12(13,14)15/h2-4,8H,1H3. The molecular weight excluding hydrogens is 261 g/mol. The molecule has 19 heavy (non-hydrogen) atoms. The summed E-state index contributed by atoms with van der Waals surface area (Å²) in [6, 6.07) is 5.28. The molecule has 0 fully saturated rings. The van der Waals surface area contributed by atoms with Gasteiger partial charge in [0.05, 0.1) is 18.9 Å². The minimum absolute atomic E-state index is 0.0427. The Balaban J connectivity index is 2.64. The summed E-state index contributed by atoms with van der Waals surface area (Å²) in [5.41, 5.74) is -1.53. The van der Waals surface area contributed by atoms with Gasteiger partial charge in [-0.3, -0.25) is 4.79 Å². The SMILES string of the molecule is COc1ccc2c(c1)C(=O)C(C#N)C(C(F)(F)F)=N2. The maximum Gasteiger partial charge on any atom is 0.431 e. The number of hydrogen-bond donors (Lipinski definition) is 0. The molecule has 0 bridgehead atoms. The van der Waals surface area contributed by atoms with Crippen LogP contribution in [0.4, 0.5) is 18.9 Å². The van der Waals surface area contributed by atoms with Gasteiger partial charge in [-0.1, -0.05) is 0 Å². The summed E-state index contributed by atoms with van der Waals surface area (Å²) in [6.07, 6.45) is -4.81. The van der Waals surface area contributed by atoms with Gasteiger partial charge in [0.25, 0.3) is 0 Å². The summed E-state index contributed by atoms with van der Waals surface area (Å²) in [7, 11) is 1.36. The van der Waals surface area contributed by atoms with Crippen LogP contribution in [0.15, 0.2) is 23.2 Å². The summed E-state index contributed by atoms with van der Waals surface area (Å²) >= 11 is 0. The van der Waals surface area contributed by atoms with E-state index < -0.39 is 23.6 Å². The van der Waals surface area contributed by atoms with E-state index in [4.69, 9.17) is 10.00 Å². The van der Waals surface area contributed by atoms with Gasteiger partial charge >= 0.3 is 6.18 Å². The number of methoxy groups -OCH3 is 1. The quantitative estimate of drug-likeness (QED) is 0.786. The molecule has 1 atom stereocenters. The van der Waals surface area contributed by atoms with Gasteiger partial charge in [0.15, 0.2) is 11.7 Å². The molecule has 0 amide bonds. The number of benzene rings is 1. The first-order chi connectivity index (χ1) is 8.88. The van der Waals surface area contributed by atoms with Gasteiger partial charge in [0, 0.05) is 5.56 Å². The Morgan fingerprint density at radius 2 is 2.11 bits per heavy atom. The zero-order chi connectivity index (χ0) is 14.2. The lowest BCUT2D eigenvalue weighted by Gasteiger charge is -2.20. The second-order valence-electron chi connectivity index (χ2n) is 3.80. The van der Waals surface area contributed by atoms with Gasteiger partial charge in [0.2, 0.25) is 0 Å². The molecule has 1 unspecified atom stereocenters. The number of fused-ring (bicyclic) bond motifs is 1. The van der Waals surface area contributed by atoms with Crippen LogP contribution in [0, 0.1) is 17.2 Å². The molecule has 1 aromatic carbocycles. The van der Waals surface area contributed by atoms with Crippen LogP contribution in [0.1, 0.15) is 10.4 Å². The molecule has 2 rings (SSSR count). The summed E-state index contributed by atoms with van der Waals surface area (Å²) in [4.78, 5) is 15.3. The lowest BCUT2D eigenvalue weighted by molar-refractivity contribution is -0.0615. The number of ketones is 1. The van der Waals surface area contributed by atoms with E-state index in [-0.39, 0.29) is 11.3 Å². The minimum Gasteiger partial charge on any atom is -0.497 e. The number of nitriles is 1. The highest BCUT2D eigenvalue weighted by atomic mass is 19.4. The number of ether oxygens (including phenoxy) is 1. The van der Waals surface area contributed by atoms with Crippen LogP contribution in [0.2, 0.25) is 0 Å². The topological polar surface area (TPSA) is 62.5 Å². The van der Waals surface area contributed by atoms with Gasteiger partial charge in [-0.15, -0.1) is 0 Å². The van der Waals surface area contributed by atoms with Gasteiger partial charge in [-0.2, -0.15) is 18.4 Å². The zero-order valence-corrected chi connectivity index (χ0v) is 9.65. The third-order valence-corrected chi connectivity index (χ3v) is 2.67. The molecule has 7 heteroatoms. The molecule has 0 aliphatic carbocycles. The molecule has 0 saturated carbocycles. The fourth-order valence-electron chi connectivity index (χ4n) is 1.76. The molecule has 1 aliphatic heterocycles. The number of Topliss-reactive ketones (excluding diaryl/α,β-unsaturated/α-hetero) is 1. The predicted molar refractivity (Wildman–Crippen MR) is 59.6 cm³/mol. The van der Waals surface area contributed by atoms with Crippen LogP contribution >= 0.6 is 0 Å². The van der Waals surface area contributed by atoms with E-state index in [1.807, 2.05) is 0 Å². The van der Waals surface area contributed by atoms with Crippen LogP contribution in [0.5, 0.6) is 5.75 Å². The first-order valence-electron chi connectivity index (χ1n) is 5.16. The average Bonchev–Trinajstić information content (AvgIpc) is 2.37. The first-order valence-corrected chi connectivity index (χ1v) is 5.16. The third kappa shape index (κ3) is 2.17. The van der Waals surface area contributed by atoms with Crippen molar-refractivity contribution in [2.24, 2.45) is 10.9 Å². The summed E-state index contributed by atoms with van der Waals surface area (Å²) in [5, 5.41) is 8.76. The van der Waals surface area contributed by atoms with Gasteiger partial charge in [-0.25, -0.2) is 4.99 Å². The smallest absolute Gasteiger partial charge is 0.431 e. The van der Waals surface area contributed by atoms with Crippen molar-refractivity contribution in [2.75, 3.05) is 7.11 Å². The molecule has 0 spiro atoms. The van der Waals surface area contributed by atoms with Crippen molar-refractivity contribution in [1.29, 1.82) is 5.26 Å². The molecule has 1 aromatic rings. The third-order valence-electron chi connectivity index (χ3n) is 2.67. The second-order valence-corrected chi connectivity index (χ2v) is 3.80. The van der Waals surface area contributed by atoms with Crippen molar-refractivity contribution in [3.05, 3.63) is 23.8 Å². The lowest BCUT2D eigenvalue weighted by Crippen LogP contribution is -2.36. The summed E-state index contributed by atoms with van der Waals surface area (Å²) in [6.45, 7) is 0. The van der Waals surface area contributed by atoms with Gasteiger partial charge in [0.1, 0.15) is 11.5 Å². The van der Waals surface area contributed by atoms with Gasteiger partial charge in [-0.05, 0) is 18.2 Å². The van der Waals surface area contributed by atoms with Crippen LogP contribution in [-0.4, -0.2) is 24.8 Å². The zero-order valence-electron chi connectivity index (χ0n) is 9.65. The monoisotopic (exact) mass is 268 g/mol. The molecule has 1 aliphatic rings. The van der Waals surface area contributed by atoms with Crippen LogP contribution in [0.25, 0.3) is 0 Å². The molecular formula is C12H7F3N2O2.